The van der Waals surface area contributed by atoms with E-state index in [0.29, 0.717) is 16.2 Å². The molecule has 2 heterocycles. The van der Waals surface area contributed by atoms with Gasteiger partial charge in [0.25, 0.3) is 0 Å². The van der Waals surface area contributed by atoms with Crippen molar-refractivity contribution < 1.29 is 9.67 Å². The number of benzene rings is 2. The number of hydrogen-bond donors (Lipinski definition) is 3. The first-order valence-electron chi connectivity index (χ1n) is 9.16. The zero-order chi connectivity index (χ0) is 20.4. The van der Waals surface area contributed by atoms with E-state index in [-0.39, 0.29) is 0 Å². The van der Waals surface area contributed by atoms with E-state index in [2.05, 4.69) is 39.9 Å². The van der Waals surface area contributed by atoms with Crippen LogP contribution in [0.1, 0.15) is 23.1 Å². The molecule has 29 heavy (non-hydrogen) atoms. The summed E-state index contributed by atoms with van der Waals surface area (Å²) in [5, 5.41) is 25.5. The predicted octanol–water partition coefficient (Wildman–Crippen LogP) is 4.17. The van der Waals surface area contributed by atoms with Crippen LogP contribution in [0.25, 0.3) is 0 Å². The molecule has 0 radical (unpaired) electrons. The quantitative estimate of drug-likeness (QED) is 0.402. The van der Waals surface area contributed by atoms with Crippen LogP contribution in [0.15, 0.2) is 100 Å². The molecule has 2 N–H and O–H groups in total. The molecule has 0 saturated heterocycles. The number of thiol groups is 1. The third kappa shape index (κ3) is 3.46. The van der Waals surface area contributed by atoms with Gasteiger partial charge in [0.05, 0.1) is 22.6 Å². The summed E-state index contributed by atoms with van der Waals surface area (Å²) in [5.74, 6) is -0.429. The molecule has 3 atom stereocenters. The Morgan fingerprint density at radius 1 is 1.00 bits per heavy atom. The minimum absolute atomic E-state index is 0.368. The van der Waals surface area contributed by atoms with Gasteiger partial charge in [0, 0.05) is 22.2 Å². The van der Waals surface area contributed by atoms with Crippen molar-refractivity contribution in [1.29, 1.82) is 5.26 Å². The van der Waals surface area contributed by atoms with E-state index in [0.717, 1.165) is 10.0 Å². The van der Waals surface area contributed by atoms with Gasteiger partial charge in [0.2, 0.25) is 11.8 Å². The number of allylic oxidation sites excluding steroid dienone is 1. The number of hydrogen-bond acceptors (Lipinski definition) is 4. The maximum absolute atomic E-state index is 12.0. The van der Waals surface area contributed by atoms with E-state index in [9.17, 15) is 10.4 Å². The van der Waals surface area contributed by atoms with Crippen LogP contribution in [0, 0.1) is 11.3 Å². The molecule has 0 unspecified atom stereocenters. The molecule has 0 bridgehead atoms. The molecule has 1 aromatic heterocycles. The van der Waals surface area contributed by atoms with Crippen LogP contribution < -0.4 is 9.88 Å². The molecule has 6 heteroatoms. The number of halogens is 1. The van der Waals surface area contributed by atoms with E-state index in [1.165, 1.54) is 0 Å². The Balaban J connectivity index is 2.03. The molecule has 144 valence electrons. The predicted molar refractivity (Wildman–Crippen MR) is 118 cm³/mol. The first-order valence-corrected chi connectivity index (χ1v) is 10.4. The van der Waals surface area contributed by atoms with Crippen LogP contribution in [0.2, 0.25) is 0 Å². The second-order valence-electron chi connectivity index (χ2n) is 6.90. The molecular weight excluding hydrogens is 446 g/mol. The van der Waals surface area contributed by atoms with Gasteiger partial charge < -0.3 is 10.4 Å². The molecule has 1 aliphatic rings. The van der Waals surface area contributed by atoms with E-state index in [4.69, 9.17) is 0 Å². The minimum Gasteiger partial charge on any atom is -0.362 e. The third-order valence-corrected chi connectivity index (χ3v) is 6.33. The Labute approximate surface area is 183 Å². The smallest absolute Gasteiger partial charge is 0.227 e. The molecule has 0 saturated carbocycles. The lowest BCUT2D eigenvalue weighted by Crippen LogP contribution is -2.62. The number of pyridine rings is 1. The lowest BCUT2D eigenvalue weighted by atomic mass is 9.75. The molecule has 0 aliphatic carbocycles. The highest BCUT2D eigenvalue weighted by Crippen LogP contribution is 2.48. The highest BCUT2D eigenvalue weighted by atomic mass is 79.9. The van der Waals surface area contributed by atoms with Gasteiger partial charge in [0.15, 0.2) is 12.4 Å². The van der Waals surface area contributed by atoms with Crippen LogP contribution in [-0.4, -0.2) is 5.11 Å². The van der Waals surface area contributed by atoms with E-state index in [1.807, 2.05) is 89.8 Å². The lowest BCUT2D eigenvalue weighted by Gasteiger charge is -2.42. The van der Waals surface area contributed by atoms with E-state index < -0.39 is 17.7 Å². The van der Waals surface area contributed by atoms with Gasteiger partial charge in [-0.3, -0.25) is 0 Å². The van der Waals surface area contributed by atoms with Crippen molar-refractivity contribution in [1.82, 2.24) is 5.32 Å². The largest absolute Gasteiger partial charge is 0.362 e. The summed E-state index contributed by atoms with van der Waals surface area (Å²) in [6, 6.07) is 24.7. The Morgan fingerprint density at radius 2 is 1.62 bits per heavy atom. The van der Waals surface area contributed by atoms with Crippen LogP contribution in [0.5, 0.6) is 0 Å². The van der Waals surface area contributed by atoms with Crippen molar-refractivity contribution in [2.45, 2.75) is 17.7 Å². The monoisotopic (exact) mass is 464 g/mol. The summed E-state index contributed by atoms with van der Waals surface area (Å²) in [6.07, 6.45) is 3.81. The molecule has 0 amide bonds. The van der Waals surface area contributed by atoms with Gasteiger partial charge in [0.1, 0.15) is 0 Å². The first kappa shape index (κ1) is 19.7. The zero-order valence-corrected chi connectivity index (χ0v) is 17.9. The standard InChI is InChI=1S/C23H18BrN3OS/c24-19-12-6-5-11-17(19)20-18(15-25)22(29)26-23(28,16-9-3-1-4-10-16)21(20)27-13-7-2-8-14-27/h1-14,20-21,26,28H/p+1/t20-,21+,23+/m1/s1. The van der Waals surface area contributed by atoms with Crippen molar-refractivity contribution in [2.75, 3.05) is 0 Å². The number of nitrogens with zero attached hydrogens (tertiary/aromatic N) is 2. The second kappa shape index (κ2) is 8.03. The highest BCUT2D eigenvalue weighted by Gasteiger charge is 2.55. The molecular formula is C23H19BrN3OS+. The lowest BCUT2D eigenvalue weighted by molar-refractivity contribution is -0.743. The summed E-state index contributed by atoms with van der Waals surface area (Å²) >= 11 is 8.19. The summed E-state index contributed by atoms with van der Waals surface area (Å²) in [4.78, 5) is 0. The fourth-order valence-electron chi connectivity index (χ4n) is 3.96. The topological polar surface area (TPSA) is 59.9 Å². The van der Waals surface area contributed by atoms with Gasteiger partial charge >= 0.3 is 0 Å². The van der Waals surface area contributed by atoms with Gasteiger partial charge in [-0.1, -0.05) is 70.5 Å². The maximum Gasteiger partial charge on any atom is 0.227 e. The SMILES string of the molecule is N#CC1=C(S)N[C@](O)(c2ccccc2)[C@@H]([n+]2ccccc2)[C@@H]1c1ccccc1Br. The Bertz CT molecular complexity index is 1100. The van der Waals surface area contributed by atoms with E-state index >= 15 is 0 Å². The molecule has 3 aromatic rings. The van der Waals surface area contributed by atoms with Gasteiger partial charge in [-0.25, -0.2) is 0 Å². The third-order valence-electron chi connectivity index (χ3n) is 5.25. The van der Waals surface area contributed by atoms with Crippen molar-refractivity contribution >= 4 is 28.6 Å². The van der Waals surface area contributed by atoms with Crippen molar-refractivity contribution in [2.24, 2.45) is 0 Å². The summed E-state index contributed by atoms with van der Waals surface area (Å²) < 4.78 is 2.82. The maximum atomic E-state index is 12.0. The Kier molecular flexibility index (Phi) is 5.46. The molecule has 0 fully saturated rings. The first-order chi connectivity index (χ1) is 14.1. The molecule has 1 aliphatic heterocycles. The van der Waals surface area contributed by atoms with Gasteiger partial charge in [-0.15, -0.1) is 12.6 Å². The fourth-order valence-corrected chi connectivity index (χ4v) is 4.85. The normalized spacial score (nSPS) is 23.9. The van der Waals surface area contributed by atoms with Crippen LogP contribution >= 0.6 is 28.6 Å². The van der Waals surface area contributed by atoms with Crippen LogP contribution in [0.4, 0.5) is 0 Å². The average Bonchev–Trinajstić information content (AvgIpc) is 2.75. The second-order valence-corrected chi connectivity index (χ2v) is 8.20. The van der Waals surface area contributed by atoms with Gasteiger partial charge in [-0.05, 0) is 11.6 Å². The average molecular weight is 465 g/mol. The van der Waals surface area contributed by atoms with Crippen molar-refractivity contribution in [3.8, 4) is 6.07 Å². The molecule has 2 aromatic carbocycles. The van der Waals surface area contributed by atoms with Gasteiger partial charge in [-0.2, -0.15) is 9.83 Å². The molecule has 4 rings (SSSR count). The van der Waals surface area contributed by atoms with E-state index in [1.54, 1.807) is 0 Å². The summed E-state index contributed by atoms with van der Waals surface area (Å²) in [5.41, 5.74) is 0.599. The van der Waals surface area contributed by atoms with Crippen LogP contribution in [0.3, 0.4) is 0 Å². The van der Waals surface area contributed by atoms with Crippen molar-refractivity contribution in [3.63, 3.8) is 0 Å². The number of aromatic nitrogens is 1. The number of nitriles is 1. The zero-order valence-electron chi connectivity index (χ0n) is 15.4. The summed E-state index contributed by atoms with van der Waals surface area (Å²) in [7, 11) is 0. The Hall–Kier alpha value is -2.59. The number of rotatable bonds is 3. The number of aliphatic hydroxyl groups is 1. The highest BCUT2D eigenvalue weighted by molar-refractivity contribution is 9.10. The molecule has 0 spiro atoms. The Morgan fingerprint density at radius 3 is 2.28 bits per heavy atom. The van der Waals surface area contributed by atoms with Crippen molar-refractivity contribution in [3.05, 3.63) is 111 Å². The fraction of sp³-hybridized carbons (Fsp3) is 0.130. The summed E-state index contributed by atoms with van der Waals surface area (Å²) in [6.45, 7) is 0. The molecule has 4 nitrogen and oxygen atoms in total. The number of nitrogens with one attached hydrogen (secondary N) is 1. The van der Waals surface area contributed by atoms with Crippen LogP contribution in [-0.2, 0) is 5.72 Å². The minimum atomic E-state index is -1.48.